The molecule has 24 heavy (non-hydrogen) atoms. The van der Waals surface area contributed by atoms with E-state index in [1.165, 1.54) is 12.8 Å². The summed E-state index contributed by atoms with van der Waals surface area (Å²) in [5.41, 5.74) is 2.15. The number of nitrogens with zero attached hydrogens (tertiary/aromatic N) is 4. The summed E-state index contributed by atoms with van der Waals surface area (Å²) in [5, 5.41) is 1.39. The monoisotopic (exact) mass is 364 g/mol. The summed E-state index contributed by atoms with van der Waals surface area (Å²) in [6.45, 7) is 4.96. The fourth-order valence-electron chi connectivity index (χ4n) is 3.27. The summed E-state index contributed by atoms with van der Waals surface area (Å²) < 4.78 is 0. The molecule has 0 amide bonds. The predicted molar refractivity (Wildman–Crippen MR) is 99.9 cm³/mol. The molecule has 6 heteroatoms. The zero-order valence-electron chi connectivity index (χ0n) is 14.0. The number of hydrogen-bond donors (Lipinski definition) is 0. The third-order valence-electron chi connectivity index (χ3n) is 4.51. The summed E-state index contributed by atoms with van der Waals surface area (Å²) in [7, 11) is 2.12. The van der Waals surface area contributed by atoms with Crippen LogP contribution in [-0.2, 0) is 6.54 Å². The third kappa shape index (κ3) is 4.38. The number of rotatable bonds is 4. The maximum absolute atomic E-state index is 6.12. The number of likely N-dealkylation sites (N-methyl/N-ethyl adjacent to an activating group) is 1. The molecule has 0 spiro atoms. The van der Waals surface area contributed by atoms with Crippen LogP contribution < -0.4 is 4.90 Å². The molecule has 1 aromatic carbocycles. The van der Waals surface area contributed by atoms with Gasteiger partial charge in [-0.3, -0.25) is 4.90 Å². The van der Waals surface area contributed by atoms with Gasteiger partial charge in [-0.05, 0) is 50.1 Å². The average molecular weight is 365 g/mol. The first-order valence-electron chi connectivity index (χ1n) is 8.20. The fraction of sp³-hybridized carbons (Fsp3) is 0.444. The lowest BCUT2D eigenvalue weighted by Crippen LogP contribution is -2.46. The average Bonchev–Trinajstić information content (AvgIpc) is 2.53. The van der Waals surface area contributed by atoms with Crippen LogP contribution in [0.15, 0.2) is 30.6 Å². The van der Waals surface area contributed by atoms with Crippen LogP contribution >= 0.6 is 23.2 Å². The standard InChI is InChI=1S/C18H22Cl2N4/c1-13-6-18(22-12-21-13)23(2)17-4-3-5-24(11-17)10-14-7-15(19)9-16(20)8-14/h6-9,12,17H,3-5,10-11H2,1-2H3. The van der Waals surface area contributed by atoms with Gasteiger partial charge in [0, 0.05) is 48.0 Å². The van der Waals surface area contributed by atoms with Crippen LogP contribution in [0.5, 0.6) is 0 Å². The van der Waals surface area contributed by atoms with Crippen LogP contribution in [-0.4, -0.2) is 41.0 Å². The second-order valence-electron chi connectivity index (χ2n) is 6.44. The lowest BCUT2D eigenvalue weighted by Gasteiger charge is -2.38. The van der Waals surface area contributed by atoms with E-state index in [-0.39, 0.29) is 0 Å². The summed E-state index contributed by atoms with van der Waals surface area (Å²) in [4.78, 5) is 13.3. The van der Waals surface area contributed by atoms with Crippen molar-refractivity contribution < 1.29 is 0 Å². The number of hydrogen-bond acceptors (Lipinski definition) is 4. The molecular formula is C18H22Cl2N4. The minimum absolute atomic E-state index is 0.447. The van der Waals surface area contributed by atoms with E-state index in [1.807, 2.05) is 25.1 Å². The van der Waals surface area contributed by atoms with E-state index in [2.05, 4.69) is 26.8 Å². The number of halogens is 2. The molecule has 2 heterocycles. The molecule has 0 saturated carbocycles. The van der Waals surface area contributed by atoms with E-state index in [9.17, 15) is 0 Å². The van der Waals surface area contributed by atoms with Gasteiger partial charge < -0.3 is 4.90 Å². The van der Waals surface area contributed by atoms with E-state index in [4.69, 9.17) is 23.2 Å². The van der Waals surface area contributed by atoms with Gasteiger partial charge in [-0.15, -0.1) is 0 Å². The molecule has 1 aliphatic rings. The topological polar surface area (TPSA) is 32.3 Å². The number of aryl methyl sites for hydroxylation is 1. The molecule has 1 saturated heterocycles. The van der Waals surface area contributed by atoms with Gasteiger partial charge in [-0.1, -0.05) is 23.2 Å². The second-order valence-corrected chi connectivity index (χ2v) is 7.31. The minimum Gasteiger partial charge on any atom is -0.355 e. The van der Waals surface area contributed by atoms with Crippen molar-refractivity contribution in [1.29, 1.82) is 0 Å². The van der Waals surface area contributed by atoms with Crippen LogP contribution in [0.1, 0.15) is 24.1 Å². The highest BCUT2D eigenvalue weighted by Gasteiger charge is 2.24. The van der Waals surface area contributed by atoms with Crippen molar-refractivity contribution in [1.82, 2.24) is 14.9 Å². The SMILES string of the molecule is Cc1cc(N(C)C2CCCN(Cc3cc(Cl)cc(Cl)c3)C2)ncn1. The first kappa shape index (κ1) is 17.5. The molecule has 1 fully saturated rings. The molecule has 0 bridgehead atoms. The van der Waals surface area contributed by atoms with E-state index in [0.29, 0.717) is 16.1 Å². The number of aromatic nitrogens is 2. The molecule has 4 nitrogen and oxygen atoms in total. The van der Waals surface area contributed by atoms with Gasteiger partial charge in [0.25, 0.3) is 0 Å². The van der Waals surface area contributed by atoms with E-state index >= 15 is 0 Å². The molecule has 1 unspecified atom stereocenters. The Morgan fingerprint density at radius 3 is 2.62 bits per heavy atom. The summed E-state index contributed by atoms with van der Waals surface area (Å²) in [6.07, 6.45) is 3.98. The Morgan fingerprint density at radius 2 is 1.92 bits per heavy atom. The lowest BCUT2D eigenvalue weighted by molar-refractivity contribution is 0.198. The van der Waals surface area contributed by atoms with E-state index in [0.717, 1.165) is 36.7 Å². The Balaban J connectivity index is 1.67. The first-order chi connectivity index (χ1) is 11.5. The third-order valence-corrected chi connectivity index (χ3v) is 4.94. The molecule has 128 valence electrons. The number of likely N-dealkylation sites (tertiary alicyclic amines) is 1. The predicted octanol–water partition coefficient (Wildman–Crippen LogP) is 4.19. The zero-order valence-corrected chi connectivity index (χ0v) is 15.6. The second kappa shape index (κ2) is 7.68. The van der Waals surface area contributed by atoms with Crippen molar-refractivity contribution in [2.45, 2.75) is 32.4 Å². The molecule has 1 aromatic heterocycles. The molecule has 0 N–H and O–H groups in total. The maximum atomic E-state index is 6.12. The fourth-order valence-corrected chi connectivity index (χ4v) is 3.84. The molecular weight excluding hydrogens is 343 g/mol. The molecule has 1 atom stereocenters. The largest absolute Gasteiger partial charge is 0.355 e. The Morgan fingerprint density at radius 1 is 1.17 bits per heavy atom. The van der Waals surface area contributed by atoms with E-state index < -0.39 is 0 Å². The van der Waals surface area contributed by atoms with Gasteiger partial charge in [0.2, 0.25) is 0 Å². The number of anilines is 1. The van der Waals surface area contributed by atoms with Gasteiger partial charge in [-0.25, -0.2) is 9.97 Å². The molecule has 1 aliphatic heterocycles. The maximum Gasteiger partial charge on any atom is 0.132 e. The molecule has 3 rings (SSSR count). The molecule has 0 aliphatic carbocycles. The quantitative estimate of drug-likeness (QED) is 0.813. The highest BCUT2D eigenvalue weighted by Crippen LogP contribution is 2.24. The highest BCUT2D eigenvalue weighted by molar-refractivity contribution is 6.34. The van der Waals surface area contributed by atoms with Crippen LogP contribution in [0.25, 0.3) is 0 Å². The van der Waals surface area contributed by atoms with Crippen LogP contribution in [0, 0.1) is 6.92 Å². The van der Waals surface area contributed by atoms with Gasteiger partial charge >= 0.3 is 0 Å². The smallest absolute Gasteiger partial charge is 0.132 e. The Hall–Kier alpha value is -1.36. The van der Waals surface area contributed by atoms with Gasteiger partial charge in [0.15, 0.2) is 0 Å². The summed E-state index contributed by atoms with van der Waals surface area (Å²) in [5.74, 6) is 0.986. The lowest BCUT2D eigenvalue weighted by atomic mass is 10.0. The highest BCUT2D eigenvalue weighted by atomic mass is 35.5. The van der Waals surface area contributed by atoms with Crippen molar-refractivity contribution >= 4 is 29.0 Å². The summed E-state index contributed by atoms with van der Waals surface area (Å²) >= 11 is 12.2. The molecule has 2 aromatic rings. The molecule has 0 radical (unpaired) electrons. The van der Waals surface area contributed by atoms with Crippen molar-refractivity contribution in [3.05, 3.63) is 51.9 Å². The Bertz CT molecular complexity index is 687. The Labute approximate surface area is 153 Å². The summed E-state index contributed by atoms with van der Waals surface area (Å²) in [6, 6.07) is 8.25. The number of piperidine rings is 1. The minimum atomic E-state index is 0.447. The van der Waals surface area contributed by atoms with Gasteiger partial charge in [-0.2, -0.15) is 0 Å². The van der Waals surface area contributed by atoms with Crippen molar-refractivity contribution in [3.63, 3.8) is 0 Å². The van der Waals surface area contributed by atoms with Gasteiger partial charge in [0.05, 0.1) is 0 Å². The van der Waals surface area contributed by atoms with E-state index in [1.54, 1.807) is 12.4 Å². The van der Waals surface area contributed by atoms with Gasteiger partial charge in [0.1, 0.15) is 12.1 Å². The number of benzene rings is 1. The van der Waals surface area contributed by atoms with Crippen LogP contribution in [0.2, 0.25) is 10.0 Å². The van der Waals surface area contributed by atoms with Crippen LogP contribution in [0.4, 0.5) is 5.82 Å². The normalized spacial score (nSPS) is 18.6. The van der Waals surface area contributed by atoms with Crippen LogP contribution in [0.3, 0.4) is 0 Å². The zero-order chi connectivity index (χ0) is 17.1. The van der Waals surface area contributed by atoms with Crippen molar-refractivity contribution in [3.8, 4) is 0 Å². The first-order valence-corrected chi connectivity index (χ1v) is 8.95. The van der Waals surface area contributed by atoms with Crippen molar-refractivity contribution in [2.75, 3.05) is 25.0 Å². The Kier molecular flexibility index (Phi) is 5.59. The van der Waals surface area contributed by atoms with Crippen molar-refractivity contribution in [2.24, 2.45) is 0 Å².